The number of carboxylic acids is 1. The predicted octanol–water partition coefficient (Wildman–Crippen LogP) is 1.19. The van der Waals surface area contributed by atoms with E-state index in [2.05, 4.69) is 10.1 Å². The lowest BCUT2D eigenvalue weighted by molar-refractivity contribution is -0.145. The summed E-state index contributed by atoms with van der Waals surface area (Å²) in [6.45, 7) is 2.16. The van der Waals surface area contributed by atoms with Crippen molar-refractivity contribution >= 4 is 23.9 Å². The van der Waals surface area contributed by atoms with Crippen LogP contribution in [0.15, 0.2) is 0 Å². The van der Waals surface area contributed by atoms with Crippen LogP contribution in [0, 0.1) is 5.92 Å². The summed E-state index contributed by atoms with van der Waals surface area (Å²) in [5.41, 5.74) is 8.27. The molecular weight excluding hydrogens is 314 g/mol. The molecule has 1 amide bonds. The Morgan fingerprint density at radius 1 is 1.38 bits per heavy atom. The van der Waals surface area contributed by atoms with E-state index >= 15 is 0 Å². The number of hydrogen-bond donors (Lipinski definition) is 2. The van der Waals surface area contributed by atoms with Gasteiger partial charge in [-0.15, -0.1) is 0 Å². The van der Waals surface area contributed by atoms with Crippen molar-refractivity contribution in [3.63, 3.8) is 0 Å². The highest BCUT2D eigenvalue weighted by Crippen LogP contribution is 2.29. The number of ether oxygens (including phenoxy) is 1. The number of carbonyl (C=O) groups is 3. The number of rotatable bonds is 11. The Morgan fingerprint density at radius 3 is 2.58 bits per heavy atom. The van der Waals surface area contributed by atoms with Crippen LogP contribution in [0.3, 0.4) is 0 Å². The molecule has 1 saturated carbocycles. The van der Waals surface area contributed by atoms with E-state index in [4.69, 9.17) is 10.3 Å². The molecule has 0 bridgehead atoms. The SMILES string of the molecule is CCOC(CC1CCCC1)C(=O)NC(CCC(=O)C=[N+]=[N-])C(=O)O. The quantitative estimate of drug-likeness (QED) is 0.332. The third-order valence-electron chi connectivity index (χ3n) is 4.18. The second-order valence-corrected chi connectivity index (χ2v) is 5.98. The van der Waals surface area contributed by atoms with Gasteiger partial charge in [-0.3, -0.25) is 9.59 Å². The van der Waals surface area contributed by atoms with Crippen LogP contribution in [-0.2, 0) is 19.1 Å². The predicted molar refractivity (Wildman–Crippen MR) is 85.5 cm³/mol. The third kappa shape index (κ3) is 7.02. The highest BCUT2D eigenvalue weighted by atomic mass is 16.5. The van der Waals surface area contributed by atoms with Gasteiger partial charge in [-0.05, 0) is 25.7 Å². The number of Topliss-reactive ketones (excluding diaryl/α,β-unsaturated/α-hetero) is 1. The number of hydrogen-bond acceptors (Lipinski definition) is 4. The van der Waals surface area contributed by atoms with Gasteiger partial charge in [-0.2, -0.15) is 4.79 Å². The van der Waals surface area contributed by atoms with E-state index in [0.29, 0.717) is 25.2 Å². The lowest BCUT2D eigenvalue weighted by atomic mass is 9.99. The van der Waals surface area contributed by atoms with Gasteiger partial charge in [0, 0.05) is 13.0 Å². The number of nitrogens with zero attached hydrogens (tertiary/aromatic N) is 2. The minimum atomic E-state index is -1.21. The van der Waals surface area contributed by atoms with Gasteiger partial charge in [0.25, 0.3) is 0 Å². The molecule has 0 aliphatic heterocycles. The van der Waals surface area contributed by atoms with Crippen molar-refractivity contribution in [3.05, 3.63) is 5.53 Å². The fraction of sp³-hybridized carbons (Fsp3) is 0.750. The third-order valence-corrected chi connectivity index (χ3v) is 4.18. The van der Waals surface area contributed by atoms with Gasteiger partial charge in [0.05, 0.1) is 0 Å². The summed E-state index contributed by atoms with van der Waals surface area (Å²) in [4.78, 5) is 37.5. The van der Waals surface area contributed by atoms with Crippen molar-refractivity contribution in [2.45, 2.75) is 64.0 Å². The zero-order chi connectivity index (χ0) is 17.9. The van der Waals surface area contributed by atoms with Crippen molar-refractivity contribution < 1.29 is 29.0 Å². The Balaban J connectivity index is 2.60. The molecule has 2 unspecified atom stereocenters. The first kappa shape index (κ1) is 20.0. The van der Waals surface area contributed by atoms with Crippen molar-refractivity contribution in [2.75, 3.05) is 6.61 Å². The van der Waals surface area contributed by atoms with Crippen molar-refractivity contribution in [3.8, 4) is 0 Å². The monoisotopic (exact) mass is 339 g/mol. The van der Waals surface area contributed by atoms with Crippen molar-refractivity contribution in [1.82, 2.24) is 5.32 Å². The Kier molecular flexibility index (Phi) is 8.89. The Labute approximate surface area is 141 Å². The molecule has 2 N–H and O–H groups in total. The molecule has 8 heteroatoms. The van der Waals surface area contributed by atoms with E-state index in [1.807, 2.05) is 0 Å². The number of carboxylic acid groups (broad SMARTS) is 1. The molecule has 8 nitrogen and oxygen atoms in total. The highest BCUT2D eigenvalue weighted by Gasteiger charge is 2.29. The van der Waals surface area contributed by atoms with Crippen LogP contribution < -0.4 is 5.32 Å². The summed E-state index contributed by atoms with van der Waals surface area (Å²) in [7, 11) is 0. The summed E-state index contributed by atoms with van der Waals surface area (Å²) >= 11 is 0. The lowest BCUT2D eigenvalue weighted by Gasteiger charge is -2.22. The molecule has 134 valence electrons. The van der Waals surface area contributed by atoms with Crippen LogP contribution in [0.1, 0.15) is 51.9 Å². The average Bonchev–Trinajstić information content (AvgIpc) is 3.03. The molecule has 24 heavy (non-hydrogen) atoms. The average molecular weight is 339 g/mol. The van der Waals surface area contributed by atoms with Crippen LogP contribution in [0.2, 0.25) is 0 Å². The van der Waals surface area contributed by atoms with E-state index in [-0.39, 0.29) is 12.8 Å². The fourth-order valence-corrected chi connectivity index (χ4v) is 2.94. The Morgan fingerprint density at radius 2 is 2.04 bits per heavy atom. The molecule has 0 aromatic heterocycles. The molecule has 0 radical (unpaired) electrons. The minimum Gasteiger partial charge on any atom is -0.480 e. The first-order valence-corrected chi connectivity index (χ1v) is 8.33. The van der Waals surface area contributed by atoms with E-state index in [1.54, 1.807) is 6.92 Å². The second-order valence-electron chi connectivity index (χ2n) is 5.98. The summed E-state index contributed by atoms with van der Waals surface area (Å²) in [5, 5.41) is 11.7. The van der Waals surface area contributed by atoms with Gasteiger partial charge in [0.2, 0.25) is 11.7 Å². The zero-order valence-electron chi connectivity index (χ0n) is 13.9. The molecule has 0 aromatic rings. The molecule has 0 aromatic carbocycles. The molecule has 1 aliphatic rings. The number of aliphatic carboxylic acids is 1. The smallest absolute Gasteiger partial charge is 0.326 e. The normalized spacial score (nSPS) is 16.9. The van der Waals surface area contributed by atoms with Crippen LogP contribution in [0.25, 0.3) is 5.53 Å². The number of amides is 1. The van der Waals surface area contributed by atoms with Crippen LogP contribution in [0.4, 0.5) is 0 Å². The number of nitrogens with one attached hydrogen (secondary N) is 1. The Bertz CT molecular complexity index is 496. The summed E-state index contributed by atoms with van der Waals surface area (Å²) in [5.74, 6) is -1.75. The topological polar surface area (TPSA) is 129 Å². The van der Waals surface area contributed by atoms with Gasteiger partial charge in [0.15, 0.2) is 0 Å². The van der Waals surface area contributed by atoms with E-state index in [1.165, 1.54) is 0 Å². The zero-order valence-corrected chi connectivity index (χ0v) is 13.9. The van der Waals surface area contributed by atoms with E-state index in [9.17, 15) is 19.5 Å². The second kappa shape index (κ2) is 10.7. The van der Waals surface area contributed by atoms with E-state index in [0.717, 1.165) is 25.7 Å². The van der Waals surface area contributed by atoms with Gasteiger partial charge < -0.3 is 20.7 Å². The largest absolute Gasteiger partial charge is 0.480 e. The standard InChI is InChI=1S/C16H25N3O5/c1-2-24-14(9-11-5-3-4-6-11)15(21)19-13(16(22)23)8-7-12(20)10-18-17/h10-11,13-14H,2-9H2,1H3,(H,19,21)(H,22,23). The van der Waals surface area contributed by atoms with Gasteiger partial charge in [-0.1, -0.05) is 25.7 Å². The molecule has 0 saturated heterocycles. The maximum absolute atomic E-state index is 12.4. The molecule has 1 aliphatic carbocycles. The first-order chi connectivity index (χ1) is 11.5. The van der Waals surface area contributed by atoms with Crippen LogP contribution in [-0.4, -0.2) is 52.5 Å². The maximum atomic E-state index is 12.4. The van der Waals surface area contributed by atoms with Crippen LogP contribution >= 0.6 is 0 Å². The molecule has 0 heterocycles. The van der Waals surface area contributed by atoms with Gasteiger partial charge in [-0.25, -0.2) is 4.79 Å². The molecule has 1 rings (SSSR count). The lowest BCUT2D eigenvalue weighted by Crippen LogP contribution is -2.47. The number of carbonyl (C=O) groups excluding carboxylic acids is 2. The molecule has 2 atom stereocenters. The first-order valence-electron chi connectivity index (χ1n) is 8.33. The highest BCUT2D eigenvalue weighted by molar-refractivity contribution is 6.25. The van der Waals surface area contributed by atoms with E-state index < -0.39 is 29.8 Å². The fourth-order valence-electron chi connectivity index (χ4n) is 2.94. The van der Waals surface area contributed by atoms with Crippen molar-refractivity contribution in [1.29, 1.82) is 0 Å². The summed E-state index contributed by atoms with van der Waals surface area (Å²) < 4.78 is 5.48. The summed E-state index contributed by atoms with van der Waals surface area (Å²) in [6, 6.07) is -1.18. The Hall–Kier alpha value is -2.05. The van der Waals surface area contributed by atoms with Gasteiger partial charge >= 0.3 is 12.2 Å². The summed E-state index contributed by atoms with van der Waals surface area (Å²) in [6.07, 6.45) is 4.84. The minimum absolute atomic E-state index is 0.0752. The van der Waals surface area contributed by atoms with Crippen LogP contribution in [0.5, 0.6) is 0 Å². The van der Waals surface area contributed by atoms with Gasteiger partial charge in [0.1, 0.15) is 12.1 Å². The van der Waals surface area contributed by atoms with Crippen molar-refractivity contribution in [2.24, 2.45) is 5.92 Å². The molecule has 1 fully saturated rings. The maximum Gasteiger partial charge on any atom is 0.326 e. The molecule has 0 spiro atoms. The number of ketones is 1. The molecular formula is C16H25N3O5.